The number of Topliss-reactive ketones (excluding diaryl/α,β-unsaturated/α-hetero) is 2. The van der Waals surface area contributed by atoms with Crippen molar-refractivity contribution >= 4 is 17.5 Å². The number of carbonyl (C=O) groups excluding carboxylic acids is 3. The van der Waals surface area contributed by atoms with E-state index in [1.807, 2.05) is 13.8 Å². The maximum atomic E-state index is 12.8. The van der Waals surface area contributed by atoms with Crippen LogP contribution in [0.2, 0.25) is 0 Å². The molecule has 2 aliphatic carbocycles. The molecule has 4 heteroatoms. The third kappa shape index (κ3) is 2.33. The van der Waals surface area contributed by atoms with Crippen molar-refractivity contribution in [3.8, 4) is 0 Å². The first-order valence-electron chi connectivity index (χ1n) is 8.01. The Kier molecular flexibility index (Phi) is 4.09. The molecular weight excluding hydrogens is 280 g/mol. The number of allylic oxidation sites excluding steroid dienone is 1. The van der Waals surface area contributed by atoms with Gasteiger partial charge in [-0.05, 0) is 35.7 Å². The first kappa shape index (κ1) is 16.9. The summed E-state index contributed by atoms with van der Waals surface area (Å²) in [6, 6.07) is 0. The van der Waals surface area contributed by atoms with E-state index in [1.54, 1.807) is 0 Å². The second kappa shape index (κ2) is 5.32. The Balaban J connectivity index is 2.61. The first-order chi connectivity index (χ1) is 10.0. The third-order valence-corrected chi connectivity index (χ3v) is 5.59. The highest BCUT2D eigenvalue weighted by Gasteiger charge is 2.59. The van der Waals surface area contributed by atoms with Crippen LogP contribution in [-0.2, 0) is 19.1 Å². The van der Waals surface area contributed by atoms with Gasteiger partial charge < -0.3 is 4.74 Å². The van der Waals surface area contributed by atoms with Crippen LogP contribution in [0.3, 0.4) is 0 Å². The van der Waals surface area contributed by atoms with Crippen LogP contribution in [0.1, 0.15) is 54.4 Å². The van der Waals surface area contributed by atoms with Gasteiger partial charge in [-0.1, -0.05) is 34.6 Å². The van der Waals surface area contributed by atoms with Crippen LogP contribution < -0.4 is 0 Å². The fraction of sp³-hybridized carbons (Fsp3) is 0.722. The summed E-state index contributed by atoms with van der Waals surface area (Å²) in [5, 5.41) is 0. The standard InChI is InChI=1S/C18H26O4/c1-10(2)13-14-11(3)17(5,6)7-8-18(14,9-22-12(4)19)16(21)15(13)20/h10-11H,7-9H2,1-6H3. The van der Waals surface area contributed by atoms with E-state index < -0.39 is 11.4 Å². The molecule has 0 radical (unpaired) electrons. The fourth-order valence-corrected chi connectivity index (χ4v) is 3.89. The van der Waals surface area contributed by atoms with Crippen molar-refractivity contribution in [1.29, 1.82) is 0 Å². The van der Waals surface area contributed by atoms with Gasteiger partial charge in [0.25, 0.3) is 0 Å². The maximum absolute atomic E-state index is 12.8. The Labute approximate surface area is 132 Å². The van der Waals surface area contributed by atoms with Crippen LogP contribution in [0.15, 0.2) is 11.1 Å². The van der Waals surface area contributed by atoms with Crippen LogP contribution >= 0.6 is 0 Å². The van der Waals surface area contributed by atoms with Gasteiger partial charge in [-0.2, -0.15) is 0 Å². The van der Waals surface area contributed by atoms with Crippen LogP contribution in [-0.4, -0.2) is 24.1 Å². The quantitative estimate of drug-likeness (QED) is 0.594. The van der Waals surface area contributed by atoms with Crippen molar-refractivity contribution in [2.75, 3.05) is 6.61 Å². The molecule has 0 bridgehead atoms. The highest BCUT2D eigenvalue weighted by Crippen LogP contribution is 2.57. The van der Waals surface area contributed by atoms with Gasteiger partial charge in [0.2, 0.25) is 11.6 Å². The average molecular weight is 306 g/mol. The highest BCUT2D eigenvalue weighted by atomic mass is 16.5. The number of hydrogen-bond acceptors (Lipinski definition) is 4. The minimum absolute atomic E-state index is 0.00111. The van der Waals surface area contributed by atoms with E-state index in [4.69, 9.17) is 4.74 Å². The lowest BCUT2D eigenvalue weighted by Crippen LogP contribution is -2.46. The molecule has 0 N–H and O–H groups in total. The SMILES string of the molecule is CC(=O)OCC12CCC(C)(C)C(C)C1=C(C(C)C)C(=O)C2=O. The summed E-state index contributed by atoms with van der Waals surface area (Å²) in [7, 11) is 0. The molecule has 0 amide bonds. The predicted octanol–water partition coefficient (Wildman–Crippen LogP) is 3.10. The van der Waals surface area contributed by atoms with Gasteiger partial charge in [-0.25, -0.2) is 0 Å². The molecule has 2 rings (SSSR count). The Morgan fingerprint density at radius 3 is 2.36 bits per heavy atom. The minimum Gasteiger partial charge on any atom is -0.464 e. The summed E-state index contributed by atoms with van der Waals surface area (Å²) < 4.78 is 5.20. The van der Waals surface area contributed by atoms with Crippen molar-refractivity contribution in [2.24, 2.45) is 22.7 Å². The number of carbonyl (C=O) groups is 3. The minimum atomic E-state index is -0.919. The summed E-state index contributed by atoms with van der Waals surface area (Å²) in [4.78, 5) is 36.6. The zero-order valence-electron chi connectivity index (χ0n) is 14.4. The predicted molar refractivity (Wildman–Crippen MR) is 83.1 cm³/mol. The van der Waals surface area contributed by atoms with E-state index in [-0.39, 0.29) is 35.4 Å². The van der Waals surface area contributed by atoms with Gasteiger partial charge in [-0.15, -0.1) is 0 Å². The molecule has 0 heterocycles. The van der Waals surface area contributed by atoms with Gasteiger partial charge in [0, 0.05) is 12.5 Å². The fourth-order valence-electron chi connectivity index (χ4n) is 3.89. The molecule has 0 aromatic carbocycles. The molecule has 0 aliphatic heterocycles. The number of fused-ring (bicyclic) bond motifs is 1. The lowest BCUT2D eigenvalue weighted by atomic mass is 9.57. The zero-order valence-corrected chi connectivity index (χ0v) is 14.4. The van der Waals surface area contributed by atoms with Crippen molar-refractivity contribution in [2.45, 2.75) is 54.4 Å². The molecule has 0 aromatic rings. The molecular formula is C18H26O4. The van der Waals surface area contributed by atoms with Crippen molar-refractivity contribution in [3.63, 3.8) is 0 Å². The second-order valence-electron chi connectivity index (χ2n) is 7.71. The second-order valence-corrected chi connectivity index (χ2v) is 7.71. The topological polar surface area (TPSA) is 60.4 Å². The summed E-state index contributed by atoms with van der Waals surface area (Å²) in [6.07, 6.45) is 1.41. The van der Waals surface area contributed by atoms with E-state index >= 15 is 0 Å². The number of esters is 1. The Bertz CT molecular complexity index is 568. The summed E-state index contributed by atoms with van der Waals surface area (Å²) in [6.45, 7) is 11.7. The molecule has 2 aliphatic rings. The van der Waals surface area contributed by atoms with E-state index in [9.17, 15) is 14.4 Å². The van der Waals surface area contributed by atoms with Gasteiger partial charge in [0.1, 0.15) is 6.61 Å². The van der Waals surface area contributed by atoms with Crippen LogP contribution in [0, 0.1) is 22.7 Å². The molecule has 4 nitrogen and oxygen atoms in total. The molecule has 122 valence electrons. The van der Waals surface area contributed by atoms with Gasteiger partial charge >= 0.3 is 5.97 Å². The van der Waals surface area contributed by atoms with Crippen molar-refractivity contribution < 1.29 is 19.1 Å². The third-order valence-electron chi connectivity index (χ3n) is 5.59. The lowest BCUT2D eigenvalue weighted by Gasteiger charge is -2.46. The monoisotopic (exact) mass is 306 g/mol. The van der Waals surface area contributed by atoms with E-state index in [0.717, 1.165) is 12.0 Å². The van der Waals surface area contributed by atoms with E-state index in [0.29, 0.717) is 12.0 Å². The zero-order chi connectivity index (χ0) is 16.9. The van der Waals surface area contributed by atoms with Crippen molar-refractivity contribution in [3.05, 3.63) is 11.1 Å². The molecule has 0 saturated heterocycles. The first-order valence-corrected chi connectivity index (χ1v) is 8.01. The molecule has 0 aromatic heterocycles. The number of rotatable bonds is 3. The van der Waals surface area contributed by atoms with E-state index in [2.05, 4.69) is 20.8 Å². The molecule has 2 unspecified atom stereocenters. The number of ketones is 2. The lowest BCUT2D eigenvalue weighted by molar-refractivity contribution is -0.150. The maximum Gasteiger partial charge on any atom is 0.302 e. The Hall–Kier alpha value is -1.45. The molecule has 2 atom stereocenters. The summed E-state index contributed by atoms with van der Waals surface area (Å²) >= 11 is 0. The summed E-state index contributed by atoms with van der Waals surface area (Å²) in [5.41, 5.74) is 0.685. The molecule has 0 spiro atoms. The van der Waals surface area contributed by atoms with Crippen molar-refractivity contribution in [1.82, 2.24) is 0 Å². The van der Waals surface area contributed by atoms with Crippen LogP contribution in [0.5, 0.6) is 0 Å². The number of hydrogen-bond donors (Lipinski definition) is 0. The largest absolute Gasteiger partial charge is 0.464 e. The number of ether oxygens (including phenoxy) is 1. The van der Waals surface area contributed by atoms with Gasteiger partial charge in [0.15, 0.2) is 0 Å². The molecule has 1 saturated carbocycles. The van der Waals surface area contributed by atoms with Gasteiger partial charge in [0.05, 0.1) is 5.41 Å². The smallest absolute Gasteiger partial charge is 0.302 e. The van der Waals surface area contributed by atoms with Crippen LogP contribution in [0.4, 0.5) is 0 Å². The van der Waals surface area contributed by atoms with Crippen LogP contribution in [0.25, 0.3) is 0 Å². The van der Waals surface area contributed by atoms with E-state index in [1.165, 1.54) is 6.92 Å². The molecule has 22 heavy (non-hydrogen) atoms. The molecule has 1 fully saturated rings. The normalized spacial score (nSPS) is 30.8. The average Bonchev–Trinajstić information content (AvgIpc) is 2.63. The highest BCUT2D eigenvalue weighted by molar-refractivity contribution is 6.49. The Morgan fingerprint density at radius 1 is 1.27 bits per heavy atom. The van der Waals surface area contributed by atoms with Gasteiger partial charge in [-0.3, -0.25) is 14.4 Å². The summed E-state index contributed by atoms with van der Waals surface area (Å²) in [5.74, 6) is -1.05. The Morgan fingerprint density at radius 2 is 1.86 bits per heavy atom.